The van der Waals surface area contributed by atoms with Crippen molar-refractivity contribution in [1.82, 2.24) is 14.7 Å². The molecule has 176 valence electrons. The fourth-order valence-corrected chi connectivity index (χ4v) is 5.06. The van der Waals surface area contributed by atoms with Gasteiger partial charge >= 0.3 is 6.09 Å². The summed E-state index contributed by atoms with van der Waals surface area (Å²) in [7, 11) is 0. The number of benzene rings is 1. The van der Waals surface area contributed by atoms with Crippen molar-refractivity contribution in [2.24, 2.45) is 0 Å². The summed E-state index contributed by atoms with van der Waals surface area (Å²) in [6.07, 6.45) is 2.28. The van der Waals surface area contributed by atoms with Gasteiger partial charge in [-0.1, -0.05) is 30.0 Å². The van der Waals surface area contributed by atoms with Crippen LogP contribution in [0.15, 0.2) is 23.1 Å². The third-order valence-electron chi connectivity index (χ3n) is 5.50. The molecule has 3 heterocycles. The van der Waals surface area contributed by atoms with Crippen LogP contribution >= 0.6 is 24.0 Å². The van der Waals surface area contributed by atoms with E-state index < -0.39 is 0 Å². The number of amides is 3. The van der Waals surface area contributed by atoms with Gasteiger partial charge in [0, 0.05) is 39.1 Å². The second-order valence-electron chi connectivity index (χ2n) is 7.62. The van der Waals surface area contributed by atoms with Crippen LogP contribution in [-0.2, 0) is 14.3 Å². The van der Waals surface area contributed by atoms with E-state index in [1.165, 1.54) is 11.8 Å². The van der Waals surface area contributed by atoms with Crippen molar-refractivity contribution in [2.45, 2.75) is 19.8 Å². The molecule has 0 radical (unpaired) electrons. The summed E-state index contributed by atoms with van der Waals surface area (Å²) in [6.45, 7) is 4.57. The van der Waals surface area contributed by atoms with E-state index in [0.717, 1.165) is 5.56 Å². The molecule has 33 heavy (non-hydrogen) atoms. The molecule has 3 aliphatic rings. The van der Waals surface area contributed by atoms with Crippen molar-refractivity contribution in [3.63, 3.8) is 0 Å². The number of carbonyl (C=O) groups is 3. The van der Waals surface area contributed by atoms with Crippen LogP contribution in [0.25, 0.3) is 6.08 Å². The number of hydrogen-bond acceptors (Lipinski definition) is 8. The standard InChI is InChI=1S/C22H25N3O6S2/c1-2-29-21(28)24-10-8-23(9-11-24)19(26)4-3-7-25-20(27)18(33-22(25)32)13-15-5-6-16-17(12-15)31-14-30-16/h5-6,12-13H,2-4,7-11,14H2,1H3/b18-13-. The van der Waals surface area contributed by atoms with Gasteiger partial charge in [0.25, 0.3) is 5.91 Å². The van der Waals surface area contributed by atoms with Gasteiger partial charge in [-0.05, 0) is 37.1 Å². The van der Waals surface area contributed by atoms with Gasteiger partial charge in [0.1, 0.15) is 4.32 Å². The molecule has 9 nitrogen and oxygen atoms in total. The van der Waals surface area contributed by atoms with E-state index in [0.29, 0.717) is 72.9 Å². The monoisotopic (exact) mass is 491 g/mol. The van der Waals surface area contributed by atoms with Crippen molar-refractivity contribution in [3.8, 4) is 11.5 Å². The maximum atomic E-state index is 12.8. The van der Waals surface area contributed by atoms with Gasteiger partial charge in [-0.2, -0.15) is 0 Å². The second kappa shape index (κ2) is 10.4. The highest BCUT2D eigenvalue weighted by atomic mass is 32.2. The molecular formula is C22H25N3O6S2. The van der Waals surface area contributed by atoms with Crippen molar-refractivity contribution in [3.05, 3.63) is 28.7 Å². The lowest BCUT2D eigenvalue weighted by atomic mass is 10.2. The molecule has 3 amide bonds. The first-order valence-electron chi connectivity index (χ1n) is 10.8. The van der Waals surface area contributed by atoms with Crippen LogP contribution in [0, 0.1) is 0 Å². The van der Waals surface area contributed by atoms with E-state index in [1.54, 1.807) is 27.7 Å². The Morgan fingerprint density at radius 1 is 1.15 bits per heavy atom. The van der Waals surface area contributed by atoms with E-state index in [-0.39, 0.29) is 24.7 Å². The number of rotatable bonds is 6. The first-order valence-corrected chi connectivity index (χ1v) is 12.0. The summed E-state index contributed by atoms with van der Waals surface area (Å²) in [6, 6.07) is 5.50. The van der Waals surface area contributed by atoms with E-state index in [4.69, 9.17) is 26.4 Å². The Labute approximate surface area is 201 Å². The van der Waals surface area contributed by atoms with Gasteiger partial charge in [-0.25, -0.2) is 4.79 Å². The first-order chi connectivity index (χ1) is 16.0. The number of ether oxygens (including phenoxy) is 3. The zero-order chi connectivity index (χ0) is 23.4. The Kier molecular flexibility index (Phi) is 7.39. The third-order valence-corrected chi connectivity index (χ3v) is 6.88. The molecule has 11 heteroatoms. The zero-order valence-corrected chi connectivity index (χ0v) is 19.9. The third kappa shape index (κ3) is 5.41. The van der Waals surface area contributed by atoms with Crippen LogP contribution in [0.5, 0.6) is 11.5 Å². The zero-order valence-electron chi connectivity index (χ0n) is 18.3. The summed E-state index contributed by atoms with van der Waals surface area (Å²) < 4.78 is 16.2. The molecule has 1 aromatic carbocycles. The molecule has 0 bridgehead atoms. The number of hydrogen-bond donors (Lipinski definition) is 0. The number of thiocarbonyl (C=S) groups is 1. The molecule has 0 spiro atoms. The van der Waals surface area contributed by atoms with Crippen molar-refractivity contribution in [2.75, 3.05) is 46.1 Å². The van der Waals surface area contributed by atoms with Crippen LogP contribution in [0.3, 0.4) is 0 Å². The maximum Gasteiger partial charge on any atom is 0.409 e. The van der Waals surface area contributed by atoms with Gasteiger partial charge in [0.05, 0.1) is 11.5 Å². The van der Waals surface area contributed by atoms with E-state index >= 15 is 0 Å². The molecule has 3 aliphatic heterocycles. The molecule has 0 atom stereocenters. The summed E-state index contributed by atoms with van der Waals surface area (Å²) in [5, 5.41) is 0. The summed E-state index contributed by atoms with van der Waals surface area (Å²) in [5.41, 5.74) is 0.830. The Balaban J connectivity index is 1.25. The van der Waals surface area contributed by atoms with Crippen molar-refractivity contribution < 1.29 is 28.6 Å². The highest BCUT2D eigenvalue weighted by molar-refractivity contribution is 8.26. The topological polar surface area (TPSA) is 88.6 Å². The number of fused-ring (bicyclic) bond motifs is 1. The van der Waals surface area contributed by atoms with Crippen molar-refractivity contribution >= 4 is 52.3 Å². The molecular weight excluding hydrogens is 466 g/mol. The predicted molar refractivity (Wildman–Crippen MR) is 127 cm³/mol. The normalized spacial score (nSPS) is 18.9. The van der Waals surface area contributed by atoms with Crippen LogP contribution in [0.1, 0.15) is 25.3 Å². The number of carbonyl (C=O) groups excluding carboxylic acids is 3. The van der Waals surface area contributed by atoms with Crippen LogP contribution < -0.4 is 9.47 Å². The Bertz CT molecular complexity index is 990. The maximum absolute atomic E-state index is 12.8. The van der Waals surface area contributed by atoms with Gasteiger partial charge in [0.2, 0.25) is 12.7 Å². The quantitative estimate of drug-likeness (QED) is 0.443. The summed E-state index contributed by atoms with van der Waals surface area (Å²) in [5.74, 6) is 1.20. The Hall–Kier alpha value is -2.79. The average Bonchev–Trinajstić information content (AvgIpc) is 3.38. The molecule has 0 aromatic heterocycles. The lowest BCUT2D eigenvalue weighted by molar-refractivity contribution is -0.133. The minimum absolute atomic E-state index is 0.0138. The number of thioether (sulfide) groups is 1. The minimum atomic E-state index is -0.340. The fourth-order valence-electron chi connectivity index (χ4n) is 3.75. The van der Waals surface area contributed by atoms with Crippen LogP contribution in [0.4, 0.5) is 4.79 Å². The second-order valence-corrected chi connectivity index (χ2v) is 9.29. The first kappa shape index (κ1) is 23.4. The minimum Gasteiger partial charge on any atom is -0.454 e. The summed E-state index contributed by atoms with van der Waals surface area (Å²) in [4.78, 5) is 42.6. The van der Waals surface area contributed by atoms with Gasteiger partial charge in [0.15, 0.2) is 11.5 Å². The Morgan fingerprint density at radius 3 is 2.64 bits per heavy atom. The molecule has 0 saturated carbocycles. The fraction of sp³-hybridized carbons (Fsp3) is 0.455. The molecule has 0 unspecified atom stereocenters. The summed E-state index contributed by atoms with van der Waals surface area (Å²) >= 11 is 6.65. The average molecular weight is 492 g/mol. The van der Waals surface area contributed by atoms with Crippen molar-refractivity contribution in [1.29, 1.82) is 0 Å². The molecule has 0 aliphatic carbocycles. The lowest BCUT2D eigenvalue weighted by Crippen LogP contribution is -2.50. The molecule has 4 rings (SSSR count). The van der Waals surface area contributed by atoms with Gasteiger partial charge < -0.3 is 24.0 Å². The van der Waals surface area contributed by atoms with E-state index in [1.807, 2.05) is 18.2 Å². The van der Waals surface area contributed by atoms with Gasteiger partial charge in [-0.15, -0.1) is 0 Å². The lowest BCUT2D eigenvalue weighted by Gasteiger charge is -2.34. The smallest absolute Gasteiger partial charge is 0.409 e. The highest BCUT2D eigenvalue weighted by Crippen LogP contribution is 2.36. The van der Waals surface area contributed by atoms with Crippen LogP contribution in [-0.4, -0.2) is 83.1 Å². The number of nitrogens with zero attached hydrogens (tertiary/aromatic N) is 3. The van der Waals surface area contributed by atoms with E-state index in [9.17, 15) is 14.4 Å². The van der Waals surface area contributed by atoms with E-state index in [2.05, 4.69) is 0 Å². The molecule has 2 fully saturated rings. The molecule has 2 saturated heterocycles. The number of piperazine rings is 1. The molecule has 0 N–H and O–H groups in total. The largest absolute Gasteiger partial charge is 0.454 e. The van der Waals surface area contributed by atoms with Gasteiger partial charge in [-0.3, -0.25) is 14.5 Å². The van der Waals surface area contributed by atoms with Crippen LogP contribution in [0.2, 0.25) is 0 Å². The highest BCUT2D eigenvalue weighted by Gasteiger charge is 2.32. The predicted octanol–water partition coefficient (Wildman–Crippen LogP) is 2.70. The SMILES string of the molecule is CCOC(=O)N1CCN(C(=O)CCCN2C(=O)/C(=C/c3ccc4c(c3)OCO4)SC2=S)CC1. The Morgan fingerprint density at radius 2 is 1.88 bits per heavy atom. The molecule has 1 aromatic rings.